The minimum Gasteiger partial charge on any atom is -0.358 e. The van der Waals surface area contributed by atoms with Crippen LogP contribution in [0.3, 0.4) is 0 Å². The van der Waals surface area contributed by atoms with Gasteiger partial charge < -0.3 is 4.98 Å². The first-order valence-electron chi connectivity index (χ1n) is 9.52. The number of hydrogen-bond donors (Lipinski definition) is 1. The molecular formula is C20H27N3O2S. The van der Waals surface area contributed by atoms with E-state index in [1.54, 1.807) is 8.61 Å². The number of hydrogen-bond acceptors (Lipinski definition) is 2. The third-order valence-corrected chi connectivity index (χ3v) is 7.87. The van der Waals surface area contributed by atoms with Crippen molar-refractivity contribution in [2.45, 2.75) is 45.6 Å². The number of nitrogens with zero attached hydrogens (tertiary/aromatic N) is 2. The van der Waals surface area contributed by atoms with E-state index in [2.05, 4.69) is 36.2 Å². The molecule has 1 aromatic heterocycles. The lowest BCUT2D eigenvalue weighted by molar-refractivity contribution is 0.247. The van der Waals surface area contributed by atoms with E-state index in [1.165, 1.54) is 16.5 Å². The van der Waals surface area contributed by atoms with Gasteiger partial charge in [0, 0.05) is 47.8 Å². The third kappa shape index (κ3) is 3.00. The summed E-state index contributed by atoms with van der Waals surface area (Å²) in [7, 11) is -3.36. The molecule has 0 aliphatic carbocycles. The second-order valence-corrected chi connectivity index (χ2v) is 9.35. The molecule has 26 heavy (non-hydrogen) atoms. The Morgan fingerprint density at radius 2 is 1.96 bits per heavy atom. The highest BCUT2D eigenvalue weighted by Crippen LogP contribution is 2.33. The highest BCUT2D eigenvalue weighted by Gasteiger charge is 2.35. The van der Waals surface area contributed by atoms with Gasteiger partial charge in [-0.25, -0.2) is 0 Å². The summed E-state index contributed by atoms with van der Waals surface area (Å²) < 4.78 is 29.4. The average Bonchev–Trinajstić information content (AvgIpc) is 2.98. The summed E-state index contributed by atoms with van der Waals surface area (Å²) in [6.07, 6.45) is 5.90. The van der Waals surface area contributed by atoms with E-state index in [0.29, 0.717) is 19.6 Å². The first-order valence-corrected chi connectivity index (χ1v) is 10.9. The molecule has 3 heterocycles. The Morgan fingerprint density at radius 3 is 2.69 bits per heavy atom. The molecule has 2 aliphatic rings. The lowest BCUT2D eigenvalue weighted by Crippen LogP contribution is -2.50. The van der Waals surface area contributed by atoms with Crippen molar-refractivity contribution in [2.24, 2.45) is 0 Å². The number of aromatic amines is 1. The zero-order chi connectivity index (χ0) is 18.3. The molecule has 0 bridgehead atoms. The van der Waals surface area contributed by atoms with Crippen molar-refractivity contribution in [3.05, 3.63) is 41.6 Å². The van der Waals surface area contributed by atoms with E-state index in [4.69, 9.17) is 0 Å². The number of benzene rings is 1. The fourth-order valence-corrected chi connectivity index (χ4v) is 6.14. The summed E-state index contributed by atoms with van der Waals surface area (Å²) in [6.45, 7) is 5.78. The fourth-order valence-electron chi connectivity index (χ4n) is 4.34. The number of aryl methyl sites for hydroxylation is 1. The van der Waals surface area contributed by atoms with E-state index in [1.807, 2.05) is 13.0 Å². The monoisotopic (exact) mass is 373 g/mol. The SMILES string of the molecule is Cc1[nH]c2ccccc2c1C1=CCN(S(=O)(=O)N2CCCCC2C)CC1. The van der Waals surface area contributed by atoms with Crippen LogP contribution < -0.4 is 0 Å². The first-order chi connectivity index (χ1) is 12.5. The van der Waals surface area contributed by atoms with Gasteiger partial charge in [0.15, 0.2) is 0 Å². The van der Waals surface area contributed by atoms with E-state index in [0.717, 1.165) is 36.9 Å². The van der Waals surface area contributed by atoms with Crippen LogP contribution >= 0.6 is 0 Å². The van der Waals surface area contributed by atoms with Crippen LogP contribution in [0.4, 0.5) is 0 Å². The summed E-state index contributed by atoms with van der Waals surface area (Å²) in [5.41, 5.74) is 4.78. The molecular weight excluding hydrogens is 346 g/mol. The second kappa shape index (κ2) is 6.83. The van der Waals surface area contributed by atoms with Crippen molar-refractivity contribution in [1.29, 1.82) is 0 Å². The molecule has 0 spiro atoms. The minimum absolute atomic E-state index is 0.106. The van der Waals surface area contributed by atoms with Crippen molar-refractivity contribution >= 4 is 26.7 Å². The topological polar surface area (TPSA) is 56.4 Å². The molecule has 140 valence electrons. The van der Waals surface area contributed by atoms with Gasteiger partial charge in [-0.1, -0.05) is 30.7 Å². The van der Waals surface area contributed by atoms with Crippen molar-refractivity contribution in [3.8, 4) is 0 Å². The van der Waals surface area contributed by atoms with Gasteiger partial charge in [0.05, 0.1) is 0 Å². The van der Waals surface area contributed by atoms with Crippen LogP contribution in [0.15, 0.2) is 30.3 Å². The third-order valence-electron chi connectivity index (χ3n) is 5.75. The van der Waals surface area contributed by atoms with Crippen LogP contribution in [0, 0.1) is 6.92 Å². The van der Waals surface area contributed by atoms with Gasteiger partial charge in [-0.3, -0.25) is 0 Å². The van der Waals surface area contributed by atoms with Crippen LogP contribution in [0.2, 0.25) is 0 Å². The van der Waals surface area contributed by atoms with E-state index < -0.39 is 10.2 Å². The van der Waals surface area contributed by atoms with Crippen molar-refractivity contribution < 1.29 is 8.42 Å². The molecule has 1 aromatic carbocycles. The molecule has 1 fully saturated rings. The molecule has 0 radical (unpaired) electrons. The van der Waals surface area contributed by atoms with Gasteiger partial charge in [0.25, 0.3) is 10.2 Å². The molecule has 1 saturated heterocycles. The number of aromatic nitrogens is 1. The zero-order valence-corrected chi connectivity index (χ0v) is 16.3. The number of para-hydroxylation sites is 1. The van der Waals surface area contributed by atoms with Gasteiger partial charge in [-0.15, -0.1) is 0 Å². The molecule has 4 rings (SSSR count). The summed E-state index contributed by atoms with van der Waals surface area (Å²) in [5, 5.41) is 1.22. The van der Waals surface area contributed by atoms with Gasteiger partial charge in [0.1, 0.15) is 0 Å². The minimum atomic E-state index is -3.36. The smallest absolute Gasteiger partial charge is 0.282 e. The van der Waals surface area contributed by atoms with Gasteiger partial charge in [-0.05, 0) is 44.7 Å². The van der Waals surface area contributed by atoms with E-state index >= 15 is 0 Å². The lowest BCUT2D eigenvalue weighted by atomic mass is 9.97. The van der Waals surface area contributed by atoms with Gasteiger partial charge in [-0.2, -0.15) is 17.0 Å². The predicted molar refractivity (Wildman–Crippen MR) is 106 cm³/mol. The van der Waals surface area contributed by atoms with E-state index in [9.17, 15) is 8.42 Å². The van der Waals surface area contributed by atoms with Crippen LogP contribution in [0.1, 0.15) is 43.9 Å². The van der Waals surface area contributed by atoms with Gasteiger partial charge >= 0.3 is 0 Å². The molecule has 2 aliphatic heterocycles. The van der Waals surface area contributed by atoms with E-state index in [-0.39, 0.29) is 6.04 Å². The largest absolute Gasteiger partial charge is 0.358 e. The fraction of sp³-hybridized carbons (Fsp3) is 0.500. The Labute approximate surface area is 155 Å². The summed E-state index contributed by atoms with van der Waals surface area (Å²) >= 11 is 0. The highest BCUT2D eigenvalue weighted by molar-refractivity contribution is 7.86. The van der Waals surface area contributed by atoms with Crippen LogP contribution in [0.25, 0.3) is 16.5 Å². The van der Waals surface area contributed by atoms with Crippen LogP contribution in [-0.2, 0) is 10.2 Å². The molecule has 2 aromatic rings. The molecule has 1 N–H and O–H groups in total. The van der Waals surface area contributed by atoms with Gasteiger partial charge in [0.2, 0.25) is 0 Å². The molecule has 1 unspecified atom stereocenters. The Morgan fingerprint density at radius 1 is 1.15 bits per heavy atom. The lowest BCUT2D eigenvalue weighted by Gasteiger charge is -2.37. The number of fused-ring (bicyclic) bond motifs is 1. The maximum Gasteiger partial charge on any atom is 0.282 e. The number of rotatable bonds is 3. The Kier molecular flexibility index (Phi) is 4.67. The second-order valence-electron chi connectivity index (χ2n) is 7.47. The quantitative estimate of drug-likeness (QED) is 0.892. The van der Waals surface area contributed by atoms with Crippen molar-refractivity contribution in [1.82, 2.24) is 13.6 Å². The average molecular weight is 374 g/mol. The Hall–Kier alpha value is -1.63. The van der Waals surface area contributed by atoms with Crippen molar-refractivity contribution in [2.75, 3.05) is 19.6 Å². The molecule has 6 heteroatoms. The highest BCUT2D eigenvalue weighted by atomic mass is 32.2. The molecule has 1 atom stereocenters. The van der Waals surface area contributed by atoms with Crippen molar-refractivity contribution in [3.63, 3.8) is 0 Å². The molecule has 0 amide bonds. The van der Waals surface area contributed by atoms with Crippen LogP contribution in [-0.4, -0.2) is 47.7 Å². The maximum absolute atomic E-state index is 13.0. The predicted octanol–water partition coefficient (Wildman–Crippen LogP) is 3.68. The normalized spacial score (nSPS) is 23.3. The Bertz CT molecular complexity index is 945. The Balaban J connectivity index is 1.59. The summed E-state index contributed by atoms with van der Waals surface area (Å²) in [6, 6.07) is 8.41. The molecule has 5 nitrogen and oxygen atoms in total. The number of piperidine rings is 1. The summed E-state index contributed by atoms with van der Waals surface area (Å²) in [4.78, 5) is 3.44. The maximum atomic E-state index is 13.0. The zero-order valence-electron chi connectivity index (χ0n) is 15.5. The standard InChI is InChI=1S/C20H27N3O2S/c1-15-7-5-6-12-23(15)26(24,25)22-13-10-17(11-14-22)20-16(2)21-19-9-4-3-8-18(19)20/h3-4,8-10,15,21H,5-7,11-14H2,1-2H3. The number of H-pyrrole nitrogens is 1. The molecule has 0 saturated carbocycles. The first kappa shape index (κ1) is 17.8. The van der Waals surface area contributed by atoms with Crippen LogP contribution in [0.5, 0.6) is 0 Å². The number of nitrogens with one attached hydrogen (secondary N) is 1. The summed E-state index contributed by atoms with van der Waals surface area (Å²) in [5.74, 6) is 0.